The molecule has 1 unspecified atom stereocenters. The summed E-state index contributed by atoms with van der Waals surface area (Å²) in [4.78, 5) is 27.5. The second kappa shape index (κ2) is 9.65. The van der Waals surface area contributed by atoms with Crippen LogP contribution in [0.2, 0.25) is 0 Å². The molecule has 0 saturated carbocycles. The molecule has 2 aromatic carbocycles. The summed E-state index contributed by atoms with van der Waals surface area (Å²) < 4.78 is 5.27. The number of aryl methyl sites for hydroxylation is 1. The number of piperidine rings is 1. The molecule has 3 aromatic rings. The van der Waals surface area contributed by atoms with Crippen LogP contribution in [0, 0.1) is 0 Å². The number of nitrogens with one attached hydrogen (secondary N) is 1. The van der Waals surface area contributed by atoms with Crippen molar-refractivity contribution in [2.24, 2.45) is 0 Å². The lowest BCUT2D eigenvalue weighted by Crippen LogP contribution is -2.39. The van der Waals surface area contributed by atoms with Crippen molar-refractivity contribution in [1.82, 2.24) is 10.2 Å². The Balaban J connectivity index is 1.42. The van der Waals surface area contributed by atoms with Gasteiger partial charge in [-0.05, 0) is 66.8 Å². The number of carbonyl (C=O) groups is 2. The number of hydrogen-bond acceptors (Lipinski definition) is 3. The second-order valence-electron chi connectivity index (χ2n) is 8.03. The highest BCUT2D eigenvalue weighted by Crippen LogP contribution is 2.28. The summed E-state index contributed by atoms with van der Waals surface area (Å²) in [5, 5.41) is 2.89. The highest BCUT2D eigenvalue weighted by Gasteiger charge is 2.26. The van der Waals surface area contributed by atoms with Crippen molar-refractivity contribution < 1.29 is 14.0 Å². The van der Waals surface area contributed by atoms with Crippen molar-refractivity contribution in [3.05, 3.63) is 94.9 Å². The minimum absolute atomic E-state index is 0.0831. The Hall–Kier alpha value is -3.34. The maximum atomic E-state index is 13.0. The van der Waals surface area contributed by atoms with Crippen LogP contribution in [0.25, 0.3) is 0 Å². The van der Waals surface area contributed by atoms with Crippen LogP contribution in [0.4, 0.5) is 0 Å². The highest BCUT2D eigenvalue weighted by molar-refractivity contribution is 5.95. The molecular weight excluding hydrogens is 388 g/mol. The summed E-state index contributed by atoms with van der Waals surface area (Å²) in [7, 11) is 0. The van der Waals surface area contributed by atoms with Gasteiger partial charge in [0, 0.05) is 30.1 Å². The first kappa shape index (κ1) is 20.9. The van der Waals surface area contributed by atoms with E-state index in [-0.39, 0.29) is 17.7 Å². The molecule has 0 spiro atoms. The molecule has 1 fully saturated rings. The Kier molecular flexibility index (Phi) is 6.51. The monoisotopic (exact) mass is 416 g/mol. The van der Waals surface area contributed by atoms with Gasteiger partial charge in [-0.15, -0.1) is 0 Å². The smallest absolute Gasteiger partial charge is 0.253 e. The normalized spacial score (nSPS) is 16.2. The van der Waals surface area contributed by atoms with E-state index in [0.29, 0.717) is 18.7 Å². The summed E-state index contributed by atoms with van der Waals surface area (Å²) in [5.74, 6) is 0.904. The second-order valence-corrected chi connectivity index (χ2v) is 8.03. The van der Waals surface area contributed by atoms with E-state index in [4.69, 9.17) is 4.42 Å². The molecule has 1 aliphatic rings. The molecule has 4 rings (SSSR count). The van der Waals surface area contributed by atoms with Gasteiger partial charge in [-0.1, -0.05) is 31.2 Å². The average Bonchev–Trinajstić information content (AvgIpc) is 3.36. The predicted octanol–water partition coefficient (Wildman–Crippen LogP) is 4.79. The first-order valence-corrected chi connectivity index (χ1v) is 10.9. The molecule has 2 heterocycles. The number of nitrogens with zero attached hydrogens (tertiary/aromatic N) is 1. The highest BCUT2D eigenvalue weighted by atomic mass is 16.3. The van der Waals surface area contributed by atoms with Gasteiger partial charge in [0.05, 0.1) is 12.8 Å². The number of amides is 2. The molecule has 0 aliphatic carbocycles. The van der Waals surface area contributed by atoms with Crippen molar-refractivity contribution in [3.63, 3.8) is 0 Å². The molecule has 1 aromatic heterocycles. The van der Waals surface area contributed by atoms with Crippen LogP contribution in [-0.4, -0.2) is 29.8 Å². The minimum atomic E-state index is -0.127. The van der Waals surface area contributed by atoms with Gasteiger partial charge in [-0.3, -0.25) is 9.59 Å². The summed E-state index contributed by atoms with van der Waals surface area (Å²) in [6, 6.07) is 19.3. The summed E-state index contributed by atoms with van der Waals surface area (Å²) in [6.45, 7) is 3.91. The molecule has 1 atom stereocenters. The lowest BCUT2D eigenvalue weighted by molar-refractivity contribution is 0.0706. The van der Waals surface area contributed by atoms with E-state index in [1.165, 1.54) is 5.56 Å². The lowest BCUT2D eigenvalue weighted by atomic mass is 9.89. The predicted molar refractivity (Wildman–Crippen MR) is 120 cm³/mol. The zero-order valence-corrected chi connectivity index (χ0v) is 17.8. The molecule has 1 aliphatic heterocycles. The average molecular weight is 417 g/mol. The maximum Gasteiger partial charge on any atom is 0.253 e. The van der Waals surface area contributed by atoms with E-state index >= 15 is 0 Å². The number of benzene rings is 2. The fraction of sp³-hybridized carbons (Fsp3) is 0.308. The van der Waals surface area contributed by atoms with Crippen LogP contribution in [0.15, 0.2) is 71.3 Å². The Morgan fingerprint density at radius 2 is 1.90 bits per heavy atom. The molecule has 2 amide bonds. The van der Waals surface area contributed by atoms with Crippen LogP contribution >= 0.6 is 0 Å². The van der Waals surface area contributed by atoms with Gasteiger partial charge in [0.15, 0.2) is 0 Å². The third-order valence-electron chi connectivity index (χ3n) is 5.94. The number of hydrogen-bond donors (Lipinski definition) is 1. The summed E-state index contributed by atoms with van der Waals surface area (Å²) in [5.41, 5.74) is 3.70. The van der Waals surface area contributed by atoms with E-state index in [1.807, 2.05) is 53.4 Å². The van der Waals surface area contributed by atoms with E-state index in [2.05, 4.69) is 18.3 Å². The molecular formula is C26H28N2O3. The van der Waals surface area contributed by atoms with Gasteiger partial charge in [0.2, 0.25) is 0 Å². The van der Waals surface area contributed by atoms with Crippen molar-refractivity contribution in [2.75, 3.05) is 13.1 Å². The number of carbonyl (C=O) groups excluding carboxylic acids is 2. The van der Waals surface area contributed by atoms with Crippen LogP contribution in [0.1, 0.15) is 63.3 Å². The maximum absolute atomic E-state index is 13.0. The quantitative estimate of drug-likeness (QED) is 0.628. The third-order valence-corrected chi connectivity index (χ3v) is 5.94. The fourth-order valence-electron chi connectivity index (χ4n) is 4.12. The summed E-state index contributed by atoms with van der Waals surface area (Å²) in [6.07, 6.45) is 4.52. The molecule has 0 radical (unpaired) electrons. The van der Waals surface area contributed by atoms with Gasteiger partial charge in [-0.2, -0.15) is 0 Å². The first-order chi connectivity index (χ1) is 15.1. The van der Waals surface area contributed by atoms with Crippen molar-refractivity contribution >= 4 is 11.8 Å². The molecule has 1 N–H and O–H groups in total. The van der Waals surface area contributed by atoms with E-state index in [9.17, 15) is 9.59 Å². The number of likely N-dealkylation sites (tertiary alicyclic amines) is 1. The van der Waals surface area contributed by atoms with Gasteiger partial charge < -0.3 is 14.6 Å². The Morgan fingerprint density at radius 3 is 2.65 bits per heavy atom. The SMILES string of the molecule is CCc1ccc(C(=O)N2CCCC(c3cccc(C(=O)NCc4ccco4)c3)C2)cc1. The molecule has 0 bridgehead atoms. The molecule has 160 valence electrons. The number of furan rings is 1. The van der Waals surface area contributed by atoms with E-state index in [1.54, 1.807) is 12.3 Å². The summed E-state index contributed by atoms with van der Waals surface area (Å²) >= 11 is 0. The van der Waals surface area contributed by atoms with Crippen LogP contribution < -0.4 is 5.32 Å². The largest absolute Gasteiger partial charge is 0.467 e. The van der Waals surface area contributed by atoms with Gasteiger partial charge in [-0.25, -0.2) is 0 Å². The first-order valence-electron chi connectivity index (χ1n) is 10.9. The zero-order valence-electron chi connectivity index (χ0n) is 17.8. The van der Waals surface area contributed by atoms with Crippen LogP contribution in [0.3, 0.4) is 0 Å². The molecule has 31 heavy (non-hydrogen) atoms. The number of rotatable bonds is 6. The zero-order chi connectivity index (χ0) is 21.6. The van der Waals surface area contributed by atoms with Crippen molar-refractivity contribution in [3.8, 4) is 0 Å². The molecule has 5 heteroatoms. The standard InChI is InChI=1S/C26H28N2O3/c1-2-19-10-12-20(13-11-19)26(30)28-14-4-8-23(18-28)21-6-3-7-22(16-21)25(29)27-17-24-9-5-15-31-24/h3,5-7,9-13,15-16,23H,2,4,8,14,17-18H2,1H3,(H,27,29). The lowest BCUT2D eigenvalue weighted by Gasteiger charge is -2.33. The van der Waals surface area contributed by atoms with Crippen molar-refractivity contribution in [1.29, 1.82) is 0 Å². The van der Waals surface area contributed by atoms with E-state index in [0.717, 1.165) is 42.7 Å². The van der Waals surface area contributed by atoms with Gasteiger partial charge >= 0.3 is 0 Å². The Morgan fingerprint density at radius 1 is 1.06 bits per heavy atom. The van der Waals surface area contributed by atoms with Crippen LogP contribution in [-0.2, 0) is 13.0 Å². The van der Waals surface area contributed by atoms with Gasteiger partial charge in [0.1, 0.15) is 5.76 Å². The van der Waals surface area contributed by atoms with E-state index < -0.39 is 0 Å². The van der Waals surface area contributed by atoms with Gasteiger partial charge in [0.25, 0.3) is 11.8 Å². The van der Waals surface area contributed by atoms with Crippen LogP contribution in [0.5, 0.6) is 0 Å². The Labute approximate surface area is 183 Å². The topological polar surface area (TPSA) is 62.6 Å². The minimum Gasteiger partial charge on any atom is -0.467 e. The molecule has 5 nitrogen and oxygen atoms in total. The third kappa shape index (κ3) is 5.05. The van der Waals surface area contributed by atoms with Crippen molar-refractivity contribution in [2.45, 2.75) is 38.6 Å². The molecule has 1 saturated heterocycles. The fourth-order valence-corrected chi connectivity index (χ4v) is 4.12. The Bertz CT molecular complexity index is 1030.